The lowest BCUT2D eigenvalue weighted by Gasteiger charge is -2.16. The lowest BCUT2D eigenvalue weighted by atomic mass is 10.1. The first-order chi connectivity index (χ1) is 11.3. The molecule has 2 heterocycles. The first-order valence-electron chi connectivity index (χ1n) is 7.22. The maximum Gasteiger partial charge on any atom is 0.131 e. The molecule has 0 aliphatic rings. The molecule has 2 aromatic heterocycles. The summed E-state index contributed by atoms with van der Waals surface area (Å²) in [7, 11) is 1.53. The Hall–Kier alpha value is -1.76. The minimum absolute atomic E-state index is 0.0751. The van der Waals surface area contributed by atoms with Crippen LogP contribution >= 0.6 is 22.7 Å². The molecule has 0 aliphatic carbocycles. The third-order valence-electron chi connectivity index (χ3n) is 3.57. The number of ether oxygens (including phenoxy) is 1. The molecule has 0 spiro atoms. The van der Waals surface area contributed by atoms with Crippen molar-refractivity contribution in [3.05, 3.63) is 68.6 Å². The Morgan fingerprint density at radius 3 is 2.87 bits per heavy atom. The molecule has 6 heteroatoms. The maximum atomic E-state index is 14.1. The minimum Gasteiger partial charge on any atom is -0.497 e. The fraction of sp³-hybridized carbons (Fsp3) is 0.235. The van der Waals surface area contributed by atoms with E-state index in [-0.39, 0.29) is 11.9 Å². The summed E-state index contributed by atoms with van der Waals surface area (Å²) >= 11 is 3.30. The van der Waals surface area contributed by atoms with Crippen molar-refractivity contribution < 1.29 is 9.13 Å². The van der Waals surface area contributed by atoms with Crippen LogP contribution in [0.4, 0.5) is 4.39 Å². The van der Waals surface area contributed by atoms with Gasteiger partial charge < -0.3 is 10.1 Å². The molecule has 23 heavy (non-hydrogen) atoms. The summed E-state index contributed by atoms with van der Waals surface area (Å²) in [4.78, 5) is 4.40. The summed E-state index contributed by atoms with van der Waals surface area (Å²) in [5.41, 5.74) is 1.88. The van der Waals surface area contributed by atoms with Crippen LogP contribution in [0.25, 0.3) is 0 Å². The summed E-state index contributed by atoms with van der Waals surface area (Å²) in [5, 5.41) is 10.6. The van der Waals surface area contributed by atoms with Gasteiger partial charge in [-0.1, -0.05) is 6.07 Å². The quantitative estimate of drug-likeness (QED) is 0.686. The zero-order valence-electron chi connectivity index (χ0n) is 12.7. The SMILES string of the molecule is COc1ccc(CN[C@H](Cc2ccsc2)c2nccs2)c(F)c1. The van der Waals surface area contributed by atoms with E-state index in [1.54, 1.807) is 41.0 Å². The molecule has 3 rings (SSSR count). The van der Waals surface area contributed by atoms with Crippen LogP contribution in [-0.2, 0) is 13.0 Å². The van der Waals surface area contributed by atoms with E-state index in [1.807, 2.05) is 5.38 Å². The summed E-state index contributed by atoms with van der Waals surface area (Å²) in [5.74, 6) is 0.270. The van der Waals surface area contributed by atoms with Crippen LogP contribution in [0.15, 0.2) is 46.6 Å². The van der Waals surface area contributed by atoms with E-state index < -0.39 is 0 Å². The standard InChI is InChI=1S/C17H17FN2OS2/c1-21-14-3-2-13(15(18)9-14)10-20-16(17-19-5-7-23-17)8-12-4-6-22-11-12/h2-7,9,11,16,20H,8,10H2,1H3/t16-/m1/s1. The van der Waals surface area contributed by atoms with Gasteiger partial charge in [-0.3, -0.25) is 0 Å². The van der Waals surface area contributed by atoms with Gasteiger partial charge in [0.05, 0.1) is 13.2 Å². The Morgan fingerprint density at radius 2 is 2.22 bits per heavy atom. The van der Waals surface area contributed by atoms with Gasteiger partial charge in [-0.05, 0) is 34.9 Å². The van der Waals surface area contributed by atoms with Crippen molar-refractivity contribution >= 4 is 22.7 Å². The van der Waals surface area contributed by atoms with E-state index in [4.69, 9.17) is 4.74 Å². The van der Waals surface area contributed by atoms with E-state index in [1.165, 1.54) is 18.7 Å². The van der Waals surface area contributed by atoms with E-state index in [9.17, 15) is 4.39 Å². The predicted molar refractivity (Wildman–Crippen MR) is 92.7 cm³/mol. The molecule has 0 radical (unpaired) electrons. The van der Waals surface area contributed by atoms with Crippen LogP contribution in [0.3, 0.4) is 0 Å². The molecule has 0 saturated heterocycles. The third-order valence-corrected chi connectivity index (χ3v) is 5.19. The molecule has 0 aliphatic heterocycles. The number of aromatic nitrogens is 1. The highest BCUT2D eigenvalue weighted by Crippen LogP contribution is 2.23. The number of methoxy groups -OCH3 is 1. The molecule has 3 nitrogen and oxygen atoms in total. The number of hydrogen-bond donors (Lipinski definition) is 1. The largest absolute Gasteiger partial charge is 0.497 e. The summed E-state index contributed by atoms with van der Waals surface area (Å²) in [6, 6.07) is 7.13. The van der Waals surface area contributed by atoms with Gasteiger partial charge in [0, 0.05) is 29.8 Å². The highest BCUT2D eigenvalue weighted by atomic mass is 32.1. The minimum atomic E-state index is -0.259. The number of thiophene rings is 1. The van der Waals surface area contributed by atoms with E-state index >= 15 is 0 Å². The Morgan fingerprint density at radius 1 is 1.30 bits per heavy atom. The van der Waals surface area contributed by atoms with Crippen molar-refractivity contribution in [1.29, 1.82) is 0 Å². The van der Waals surface area contributed by atoms with Gasteiger partial charge in [-0.15, -0.1) is 11.3 Å². The number of halogens is 1. The Labute approximate surface area is 142 Å². The lowest BCUT2D eigenvalue weighted by Crippen LogP contribution is -2.23. The fourth-order valence-corrected chi connectivity index (χ4v) is 3.72. The van der Waals surface area contributed by atoms with Crippen molar-refractivity contribution in [2.45, 2.75) is 19.0 Å². The zero-order chi connectivity index (χ0) is 16.1. The number of nitrogens with one attached hydrogen (secondary N) is 1. The molecule has 1 aromatic carbocycles. The number of hydrogen-bond acceptors (Lipinski definition) is 5. The smallest absolute Gasteiger partial charge is 0.131 e. The van der Waals surface area contributed by atoms with Crippen LogP contribution < -0.4 is 10.1 Å². The first-order valence-corrected chi connectivity index (χ1v) is 9.05. The highest BCUT2D eigenvalue weighted by molar-refractivity contribution is 7.09. The van der Waals surface area contributed by atoms with Gasteiger partial charge in [-0.25, -0.2) is 9.37 Å². The highest BCUT2D eigenvalue weighted by Gasteiger charge is 2.16. The van der Waals surface area contributed by atoms with Crippen LogP contribution in [0.1, 0.15) is 22.2 Å². The third kappa shape index (κ3) is 4.16. The fourth-order valence-electron chi connectivity index (χ4n) is 2.33. The van der Waals surface area contributed by atoms with Crippen LogP contribution in [-0.4, -0.2) is 12.1 Å². The van der Waals surface area contributed by atoms with Crippen LogP contribution in [0.2, 0.25) is 0 Å². The number of thiazole rings is 1. The Balaban J connectivity index is 1.71. The molecular formula is C17H17FN2OS2. The second kappa shape index (κ2) is 7.68. The molecule has 1 atom stereocenters. The maximum absolute atomic E-state index is 14.1. The average molecular weight is 348 g/mol. The monoisotopic (exact) mass is 348 g/mol. The molecule has 0 amide bonds. The van der Waals surface area contributed by atoms with Crippen LogP contribution in [0.5, 0.6) is 5.75 Å². The second-order valence-corrected chi connectivity index (χ2v) is 6.80. The second-order valence-electron chi connectivity index (χ2n) is 5.10. The zero-order valence-corrected chi connectivity index (χ0v) is 14.3. The van der Waals surface area contributed by atoms with Gasteiger partial charge in [-0.2, -0.15) is 11.3 Å². The Bertz CT molecular complexity index is 729. The lowest BCUT2D eigenvalue weighted by molar-refractivity contribution is 0.410. The number of rotatable bonds is 7. The van der Waals surface area contributed by atoms with Crippen molar-refractivity contribution in [3.63, 3.8) is 0 Å². The summed E-state index contributed by atoms with van der Waals surface area (Å²) in [6.45, 7) is 0.449. The van der Waals surface area contributed by atoms with Crippen molar-refractivity contribution in [1.82, 2.24) is 10.3 Å². The first kappa shape index (κ1) is 16.1. The molecule has 3 aromatic rings. The molecule has 1 N–H and O–H groups in total. The van der Waals surface area contributed by atoms with Crippen molar-refractivity contribution in [2.75, 3.05) is 7.11 Å². The Kier molecular flexibility index (Phi) is 5.38. The van der Waals surface area contributed by atoms with Gasteiger partial charge in [0.1, 0.15) is 16.6 Å². The predicted octanol–water partition coefficient (Wildman–Crippen LogP) is 4.43. The molecule has 0 saturated carbocycles. The van der Waals surface area contributed by atoms with E-state index in [0.717, 1.165) is 11.4 Å². The van der Waals surface area contributed by atoms with Gasteiger partial charge >= 0.3 is 0 Å². The van der Waals surface area contributed by atoms with E-state index in [2.05, 4.69) is 27.1 Å². The molecule has 120 valence electrons. The van der Waals surface area contributed by atoms with Crippen molar-refractivity contribution in [2.24, 2.45) is 0 Å². The molecule has 0 fully saturated rings. The van der Waals surface area contributed by atoms with Crippen LogP contribution in [0, 0.1) is 5.82 Å². The normalized spacial score (nSPS) is 12.3. The average Bonchev–Trinajstić information content (AvgIpc) is 3.25. The van der Waals surface area contributed by atoms with Gasteiger partial charge in [0.15, 0.2) is 0 Å². The van der Waals surface area contributed by atoms with Crippen molar-refractivity contribution in [3.8, 4) is 5.75 Å². The van der Waals surface area contributed by atoms with Gasteiger partial charge in [0.25, 0.3) is 0 Å². The summed E-state index contributed by atoms with van der Waals surface area (Å²) < 4.78 is 19.1. The number of nitrogens with zero attached hydrogens (tertiary/aromatic N) is 1. The van der Waals surface area contributed by atoms with Gasteiger partial charge in [0.2, 0.25) is 0 Å². The molecular weight excluding hydrogens is 331 g/mol. The molecule has 0 bridgehead atoms. The number of benzene rings is 1. The topological polar surface area (TPSA) is 34.1 Å². The molecule has 0 unspecified atom stereocenters. The summed E-state index contributed by atoms with van der Waals surface area (Å²) in [6.07, 6.45) is 2.64. The van der Waals surface area contributed by atoms with E-state index in [0.29, 0.717) is 17.9 Å².